The minimum absolute atomic E-state index is 0.0291. The van der Waals surface area contributed by atoms with Crippen LogP contribution in [0.3, 0.4) is 0 Å². The Hall–Kier alpha value is -1.09. The second kappa shape index (κ2) is 3.11. The van der Waals surface area contributed by atoms with Gasteiger partial charge < -0.3 is 5.11 Å². The van der Waals surface area contributed by atoms with Crippen LogP contribution in [0.4, 0.5) is 4.39 Å². The van der Waals surface area contributed by atoms with Crippen LogP contribution in [0, 0.1) is 12.7 Å². The molecule has 0 aliphatic heterocycles. The van der Waals surface area contributed by atoms with Crippen molar-refractivity contribution in [2.24, 2.45) is 0 Å². The fraction of sp³-hybridized carbons (Fsp3) is 0.125. The zero-order valence-electron chi connectivity index (χ0n) is 6.27. The summed E-state index contributed by atoms with van der Waals surface area (Å²) in [6.45, 7) is 1.52. The minimum Gasteiger partial charge on any atom is -0.478 e. The highest BCUT2D eigenvalue weighted by atomic mass is 35.5. The maximum Gasteiger partial charge on any atom is 0.336 e. The van der Waals surface area contributed by atoms with Crippen LogP contribution in [0.1, 0.15) is 15.9 Å². The number of aryl methyl sites for hydroxylation is 1. The SMILES string of the molecule is Cc1cc(F)c(Cl)cc1C(=O)O. The first kappa shape index (κ1) is 9.00. The Bertz CT molecular complexity index is 336. The average molecular weight is 189 g/mol. The van der Waals surface area contributed by atoms with Gasteiger partial charge in [0, 0.05) is 0 Å². The van der Waals surface area contributed by atoms with Crippen LogP contribution in [0.2, 0.25) is 5.02 Å². The predicted molar refractivity (Wildman–Crippen MR) is 43.1 cm³/mol. The Labute approximate surface area is 73.6 Å². The first-order valence-electron chi connectivity index (χ1n) is 3.21. The van der Waals surface area contributed by atoms with Gasteiger partial charge in [-0.1, -0.05) is 11.6 Å². The van der Waals surface area contributed by atoms with Crippen LogP contribution < -0.4 is 0 Å². The van der Waals surface area contributed by atoms with Gasteiger partial charge in [-0.05, 0) is 24.6 Å². The summed E-state index contributed by atoms with van der Waals surface area (Å²) < 4.78 is 12.7. The lowest BCUT2D eigenvalue weighted by Gasteiger charge is -2.01. The molecule has 1 aromatic carbocycles. The van der Waals surface area contributed by atoms with Crippen LogP contribution in [-0.2, 0) is 0 Å². The minimum atomic E-state index is -1.10. The monoisotopic (exact) mass is 188 g/mol. The van der Waals surface area contributed by atoms with E-state index in [1.807, 2.05) is 0 Å². The molecule has 0 unspecified atom stereocenters. The lowest BCUT2D eigenvalue weighted by molar-refractivity contribution is 0.0696. The van der Waals surface area contributed by atoms with E-state index in [9.17, 15) is 9.18 Å². The van der Waals surface area contributed by atoms with Gasteiger partial charge in [0.1, 0.15) is 5.82 Å². The molecular formula is C8H6ClFO2. The van der Waals surface area contributed by atoms with Gasteiger partial charge in [-0.25, -0.2) is 9.18 Å². The molecule has 0 aliphatic rings. The smallest absolute Gasteiger partial charge is 0.336 e. The van der Waals surface area contributed by atoms with Gasteiger partial charge in [0.25, 0.3) is 0 Å². The molecule has 0 atom stereocenters. The zero-order chi connectivity index (χ0) is 9.30. The number of rotatable bonds is 1. The number of hydrogen-bond donors (Lipinski definition) is 1. The lowest BCUT2D eigenvalue weighted by Crippen LogP contribution is -2.00. The number of carboxylic acids is 1. The summed E-state index contributed by atoms with van der Waals surface area (Å²) in [6.07, 6.45) is 0. The van der Waals surface area contributed by atoms with E-state index in [1.165, 1.54) is 6.92 Å². The normalized spacial score (nSPS) is 9.92. The van der Waals surface area contributed by atoms with Crippen molar-refractivity contribution in [1.82, 2.24) is 0 Å². The lowest BCUT2D eigenvalue weighted by atomic mass is 10.1. The molecule has 0 saturated heterocycles. The van der Waals surface area contributed by atoms with Gasteiger partial charge in [0.05, 0.1) is 10.6 Å². The van der Waals surface area contributed by atoms with E-state index in [-0.39, 0.29) is 10.6 Å². The molecule has 4 heteroatoms. The quantitative estimate of drug-likeness (QED) is 0.735. The Kier molecular flexibility index (Phi) is 2.33. The summed E-state index contributed by atoms with van der Waals surface area (Å²) in [5.41, 5.74) is 0.394. The van der Waals surface area contributed by atoms with Crippen molar-refractivity contribution in [3.05, 3.63) is 34.1 Å². The molecule has 2 nitrogen and oxygen atoms in total. The summed E-state index contributed by atoms with van der Waals surface area (Å²) in [7, 11) is 0. The maximum atomic E-state index is 12.7. The molecule has 1 rings (SSSR count). The third-order valence-corrected chi connectivity index (χ3v) is 1.79. The first-order chi connectivity index (χ1) is 5.52. The number of carbonyl (C=O) groups is 1. The number of benzene rings is 1. The molecule has 1 N–H and O–H groups in total. The Morgan fingerprint density at radius 2 is 2.17 bits per heavy atom. The van der Waals surface area contributed by atoms with Crippen molar-refractivity contribution >= 4 is 17.6 Å². The summed E-state index contributed by atoms with van der Waals surface area (Å²) in [6, 6.07) is 2.21. The van der Waals surface area contributed by atoms with Crippen molar-refractivity contribution in [1.29, 1.82) is 0 Å². The largest absolute Gasteiger partial charge is 0.478 e. The Morgan fingerprint density at radius 3 is 2.67 bits per heavy atom. The maximum absolute atomic E-state index is 12.7. The molecule has 0 saturated carbocycles. The van der Waals surface area contributed by atoms with Crippen LogP contribution in [-0.4, -0.2) is 11.1 Å². The molecule has 0 heterocycles. The highest BCUT2D eigenvalue weighted by Crippen LogP contribution is 2.19. The standard InChI is InChI=1S/C8H6ClFO2/c1-4-2-7(10)6(9)3-5(4)8(11)12/h2-3H,1H3,(H,11,12). The van der Waals surface area contributed by atoms with E-state index in [0.29, 0.717) is 5.56 Å². The van der Waals surface area contributed by atoms with Crippen LogP contribution in [0.5, 0.6) is 0 Å². The van der Waals surface area contributed by atoms with Crippen molar-refractivity contribution in [2.45, 2.75) is 6.92 Å². The van der Waals surface area contributed by atoms with Gasteiger partial charge in [0.2, 0.25) is 0 Å². The molecule has 0 spiro atoms. The van der Waals surface area contributed by atoms with Gasteiger partial charge in [-0.3, -0.25) is 0 Å². The number of halogens is 2. The molecular weight excluding hydrogens is 183 g/mol. The molecule has 0 fully saturated rings. The van der Waals surface area contributed by atoms with Crippen molar-refractivity contribution in [2.75, 3.05) is 0 Å². The second-order valence-electron chi connectivity index (χ2n) is 2.39. The number of carboxylic acid groups (broad SMARTS) is 1. The van der Waals surface area contributed by atoms with Gasteiger partial charge in [0.15, 0.2) is 0 Å². The zero-order valence-corrected chi connectivity index (χ0v) is 7.02. The van der Waals surface area contributed by atoms with Crippen molar-refractivity contribution in [3.63, 3.8) is 0 Å². The summed E-state index contributed by atoms with van der Waals surface area (Å²) in [5.74, 6) is -1.70. The molecule has 0 aliphatic carbocycles. The average Bonchev–Trinajstić information content (AvgIpc) is 1.96. The molecule has 0 bridgehead atoms. The molecule has 64 valence electrons. The van der Waals surface area contributed by atoms with E-state index in [2.05, 4.69) is 0 Å². The van der Waals surface area contributed by atoms with Gasteiger partial charge >= 0.3 is 5.97 Å². The van der Waals surface area contributed by atoms with E-state index < -0.39 is 11.8 Å². The number of hydrogen-bond acceptors (Lipinski definition) is 1. The molecule has 0 amide bonds. The highest BCUT2D eigenvalue weighted by Gasteiger charge is 2.10. The third kappa shape index (κ3) is 1.56. The van der Waals surface area contributed by atoms with Crippen molar-refractivity contribution in [3.8, 4) is 0 Å². The van der Waals surface area contributed by atoms with E-state index >= 15 is 0 Å². The fourth-order valence-corrected chi connectivity index (χ4v) is 1.04. The predicted octanol–water partition coefficient (Wildman–Crippen LogP) is 2.49. The highest BCUT2D eigenvalue weighted by molar-refractivity contribution is 6.31. The third-order valence-electron chi connectivity index (χ3n) is 1.50. The fourth-order valence-electron chi connectivity index (χ4n) is 0.877. The van der Waals surface area contributed by atoms with Gasteiger partial charge in [-0.2, -0.15) is 0 Å². The van der Waals surface area contributed by atoms with Crippen LogP contribution in [0.15, 0.2) is 12.1 Å². The molecule has 1 aromatic rings. The van der Waals surface area contributed by atoms with E-state index in [1.54, 1.807) is 0 Å². The van der Waals surface area contributed by atoms with Crippen molar-refractivity contribution < 1.29 is 14.3 Å². The number of aromatic carboxylic acids is 1. The van der Waals surface area contributed by atoms with Crippen LogP contribution in [0.25, 0.3) is 0 Å². The first-order valence-corrected chi connectivity index (χ1v) is 3.59. The summed E-state index contributed by atoms with van der Waals surface area (Å²) >= 11 is 5.39. The molecule has 0 radical (unpaired) electrons. The summed E-state index contributed by atoms with van der Waals surface area (Å²) in [5, 5.41) is 8.43. The molecule has 12 heavy (non-hydrogen) atoms. The topological polar surface area (TPSA) is 37.3 Å². The Morgan fingerprint density at radius 1 is 1.58 bits per heavy atom. The van der Waals surface area contributed by atoms with E-state index in [0.717, 1.165) is 12.1 Å². The second-order valence-corrected chi connectivity index (χ2v) is 2.79. The Balaban J connectivity index is 3.33. The molecule has 0 aromatic heterocycles. The van der Waals surface area contributed by atoms with E-state index in [4.69, 9.17) is 16.7 Å². The van der Waals surface area contributed by atoms with Gasteiger partial charge in [-0.15, -0.1) is 0 Å². The van der Waals surface area contributed by atoms with Crippen LogP contribution >= 0.6 is 11.6 Å². The summed E-state index contributed by atoms with van der Waals surface area (Å²) in [4.78, 5) is 10.5.